The van der Waals surface area contributed by atoms with E-state index in [1.54, 1.807) is 11.4 Å². The van der Waals surface area contributed by atoms with Crippen molar-refractivity contribution in [3.05, 3.63) is 0 Å². The van der Waals surface area contributed by atoms with Gasteiger partial charge in [0, 0.05) is 0 Å². The normalized spacial score (nSPS) is 16.4. The van der Waals surface area contributed by atoms with Gasteiger partial charge >= 0.3 is 55.8 Å². The molecule has 0 unspecified atom stereocenters. The number of aliphatic carboxylic acids is 1. The van der Waals surface area contributed by atoms with Gasteiger partial charge in [-0.15, -0.1) is 0 Å². The average Bonchev–Trinajstić information content (AvgIpc) is 1.56. The first-order valence-corrected chi connectivity index (χ1v) is 8.23. The molecule has 0 saturated carbocycles. The van der Waals surface area contributed by atoms with Gasteiger partial charge in [0.25, 0.3) is 0 Å². The largest absolute Gasteiger partial charge is 1.00 e. The monoisotopic (exact) mass is 261 g/mol. The molecule has 1 N–H and O–H groups in total. The second-order valence-corrected chi connectivity index (χ2v) is 9.97. The summed E-state index contributed by atoms with van der Waals surface area (Å²) >= 11 is -2.91. The van der Waals surface area contributed by atoms with E-state index < -0.39 is 25.2 Å². The van der Waals surface area contributed by atoms with Gasteiger partial charge < -0.3 is 17.0 Å². The molecule has 0 aromatic heterocycles. The van der Waals surface area contributed by atoms with Crippen LogP contribution in [-0.4, -0.2) is 24.6 Å². The van der Waals surface area contributed by atoms with Gasteiger partial charge in [-0.05, 0) is 0 Å². The molecule has 0 amide bonds. The minimum Gasteiger partial charge on any atom is -1.00 e. The van der Waals surface area contributed by atoms with E-state index in [4.69, 9.17) is 9.22 Å². The first kappa shape index (κ1) is 6.23. The molecule has 0 aliphatic carbocycles. The minimum atomic E-state index is -2.91. The van der Waals surface area contributed by atoms with E-state index in [2.05, 4.69) is 0 Å². The molecule has 9 heavy (non-hydrogen) atoms. The summed E-state index contributed by atoms with van der Waals surface area (Å²) < 4.78 is 21.2. The Kier molecular flexibility index (Phi) is 3.01. The molecule has 0 aliphatic heterocycles. The first-order valence-electron chi connectivity index (χ1n) is 3.72. The molecule has 0 rings (SSSR count). The third-order valence-electron chi connectivity index (χ3n) is 0.531. The molecule has 4 heteroatoms. The van der Waals surface area contributed by atoms with E-state index in [0.717, 1.165) is 0 Å². The average molecular weight is 262 g/mol. The number of carboxylic acids is 1. The maximum absolute atomic E-state index is 10.3. The molecule has 0 radical (unpaired) electrons. The number of carbonyl (C=O) groups is 1. The third-order valence-corrected chi connectivity index (χ3v) is 2.76. The molecular formula is C5H12AsBrO2. The Morgan fingerprint density at radius 1 is 1.78 bits per heavy atom. The quantitative estimate of drug-likeness (QED) is 0.609. The predicted molar refractivity (Wildman–Crippen MR) is 35.8 cm³/mol. The van der Waals surface area contributed by atoms with Crippen LogP contribution in [0.25, 0.3) is 0 Å². The van der Waals surface area contributed by atoms with Crippen LogP contribution in [0.2, 0.25) is 22.3 Å². The van der Waals surface area contributed by atoms with Crippen molar-refractivity contribution < 1.29 is 31.0 Å². The summed E-state index contributed by atoms with van der Waals surface area (Å²) in [5.41, 5.74) is 1.16. The summed E-state index contributed by atoms with van der Waals surface area (Å²) in [6.07, 6.45) is 0. The van der Waals surface area contributed by atoms with Crippen LogP contribution in [0.1, 0.15) is 4.11 Å². The van der Waals surface area contributed by atoms with Crippen molar-refractivity contribution in [1.82, 2.24) is 0 Å². The van der Waals surface area contributed by atoms with Crippen LogP contribution < -0.4 is 17.0 Å². The molecule has 0 aromatic rings. The Balaban J connectivity index is 0. The van der Waals surface area contributed by atoms with Crippen LogP contribution in [-0.2, 0) is 4.79 Å². The Labute approximate surface area is 73.1 Å². The van der Waals surface area contributed by atoms with E-state index >= 15 is 0 Å². The second-order valence-electron chi connectivity index (χ2n) is 2.24. The number of hydrogen-bond donors (Lipinski definition) is 1. The van der Waals surface area contributed by atoms with Crippen LogP contribution >= 0.6 is 0 Å². The van der Waals surface area contributed by atoms with Gasteiger partial charge in [0.15, 0.2) is 0 Å². The fourth-order valence-corrected chi connectivity index (χ4v) is 1.76. The Bertz CT molecular complexity index is 169. The summed E-state index contributed by atoms with van der Waals surface area (Å²) in [5, 5.41) is 8.25. The van der Waals surface area contributed by atoms with Gasteiger partial charge in [-0.25, -0.2) is 0 Å². The summed E-state index contributed by atoms with van der Waals surface area (Å²) in [4.78, 5) is 10.3. The van der Waals surface area contributed by atoms with Crippen molar-refractivity contribution in [3.63, 3.8) is 0 Å². The van der Waals surface area contributed by atoms with Gasteiger partial charge in [0.05, 0.1) is 0 Å². The van der Waals surface area contributed by atoms with Gasteiger partial charge in [-0.2, -0.15) is 0 Å². The van der Waals surface area contributed by atoms with E-state index in [0.29, 0.717) is 0 Å². The van der Waals surface area contributed by atoms with Gasteiger partial charge in [0.1, 0.15) is 0 Å². The third kappa shape index (κ3) is 11.9. The Morgan fingerprint density at radius 2 is 2.22 bits per heavy atom. The number of hydrogen-bond acceptors (Lipinski definition) is 1. The van der Waals surface area contributed by atoms with E-state index in [1.807, 2.05) is 0 Å². The zero-order chi connectivity index (χ0) is 9.28. The Hall–Kier alpha value is 0.508. The van der Waals surface area contributed by atoms with Gasteiger partial charge in [-0.1, -0.05) is 0 Å². The molecule has 0 atom stereocenters. The van der Waals surface area contributed by atoms with Gasteiger partial charge in [0.2, 0.25) is 0 Å². The summed E-state index contributed by atoms with van der Waals surface area (Å²) in [5.74, 6) is -1.00. The van der Waals surface area contributed by atoms with Crippen LogP contribution in [0, 0.1) is 0 Å². The van der Waals surface area contributed by atoms with Crippen molar-refractivity contribution in [3.8, 4) is 0 Å². The summed E-state index contributed by atoms with van der Waals surface area (Å²) in [7, 11) is 0. The van der Waals surface area contributed by atoms with Gasteiger partial charge in [-0.3, -0.25) is 0 Å². The predicted octanol–water partition coefficient (Wildman–Crippen LogP) is -1.59. The molecule has 0 heterocycles. The fourth-order valence-electron chi connectivity index (χ4n) is 0.338. The molecule has 2 nitrogen and oxygen atoms in total. The zero-order valence-corrected chi connectivity index (χ0v) is 8.85. The Morgan fingerprint density at radius 3 is 2.33 bits per heavy atom. The fraction of sp³-hybridized carbons (Fsp3) is 0.800. The van der Waals surface area contributed by atoms with Crippen molar-refractivity contribution in [2.45, 2.75) is 22.3 Å². The number of rotatable bonds is 2. The zero-order valence-electron chi connectivity index (χ0n) is 8.39. The first-order chi connectivity index (χ1) is 4.67. The van der Waals surface area contributed by atoms with Crippen molar-refractivity contribution in [2.75, 3.05) is 0 Å². The van der Waals surface area contributed by atoms with Crippen molar-refractivity contribution in [1.29, 1.82) is 0 Å². The maximum atomic E-state index is 10.3. The molecule has 0 saturated heterocycles. The SMILES string of the molecule is [2H]C([2H])([2H])[As+](C)(C)CC(=O)O.[Br-]. The van der Waals surface area contributed by atoms with Crippen LogP contribution in [0.4, 0.5) is 0 Å². The molecule has 0 aromatic carbocycles. The molecule has 0 fully saturated rings. The molecule has 56 valence electrons. The minimum absolute atomic E-state index is 0. The van der Waals surface area contributed by atoms with Crippen molar-refractivity contribution in [2.24, 2.45) is 0 Å². The topological polar surface area (TPSA) is 37.3 Å². The van der Waals surface area contributed by atoms with E-state index in [9.17, 15) is 4.79 Å². The number of carboxylic acid groups (broad SMARTS) is 1. The van der Waals surface area contributed by atoms with E-state index in [1.165, 1.54) is 0 Å². The van der Waals surface area contributed by atoms with Crippen LogP contribution in [0.5, 0.6) is 0 Å². The molecular weight excluding hydrogens is 247 g/mol. The summed E-state index contributed by atoms with van der Waals surface area (Å²) in [6, 6.07) is 0. The maximum Gasteiger partial charge on any atom is -1.00 e. The molecule has 0 aliphatic rings. The molecule has 0 spiro atoms. The summed E-state index contributed by atoms with van der Waals surface area (Å²) in [6.45, 7) is 0. The second kappa shape index (κ2) is 4.34. The van der Waals surface area contributed by atoms with Crippen LogP contribution in [0.3, 0.4) is 0 Å². The van der Waals surface area contributed by atoms with Crippen molar-refractivity contribution >= 4 is 19.5 Å². The number of halogens is 1. The smallest absolute Gasteiger partial charge is 1.00 e. The van der Waals surface area contributed by atoms with Crippen LogP contribution in [0.15, 0.2) is 0 Å². The van der Waals surface area contributed by atoms with E-state index in [-0.39, 0.29) is 22.2 Å². The molecule has 0 bridgehead atoms. The standard InChI is InChI=1S/C5H11AsO2.BrH/c1-6(2,3)4-5(7)8;/h4H2,1-3H3;1H/i1D3;.